The molecule has 0 saturated carbocycles. The van der Waals surface area contributed by atoms with E-state index >= 15 is 0 Å². The van der Waals surface area contributed by atoms with Gasteiger partial charge in [-0.05, 0) is 274 Å². The fraction of sp³-hybridized carbons (Fsp3) is 0. The first kappa shape index (κ1) is 67.0. The third kappa shape index (κ3) is 13.3. The van der Waals surface area contributed by atoms with Crippen molar-refractivity contribution in [3.63, 3.8) is 0 Å². The van der Waals surface area contributed by atoms with E-state index in [4.69, 9.17) is 9.97 Å². The second kappa shape index (κ2) is 28.7. The van der Waals surface area contributed by atoms with Crippen molar-refractivity contribution in [2.45, 2.75) is 0 Å². The van der Waals surface area contributed by atoms with Crippen molar-refractivity contribution in [2.75, 3.05) is 0 Å². The molecule has 22 rings (SSSR count). The lowest BCUT2D eigenvalue weighted by Crippen LogP contribution is -1.92. The zero-order valence-corrected chi connectivity index (χ0v) is 62.1. The number of nitrogens with zero attached hydrogens (tertiary/aromatic N) is 5. The minimum absolute atomic E-state index is 0.934. The summed E-state index contributed by atoms with van der Waals surface area (Å²) in [6.07, 6.45) is 11.3. The summed E-state index contributed by atoms with van der Waals surface area (Å²) in [4.78, 5) is 23.4. The molecule has 0 aliphatic heterocycles. The zero-order valence-electron chi connectivity index (χ0n) is 62.1. The van der Waals surface area contributed by atoms with Crippen LogP contribution in [0.15, 0.2) is 419 Å². The molecule has 0 bridgehead atoms. The van der Waals surface area contributed by atoms with Gasteiger partial charge in [0.2, 0.25) is 0 Å². The quantitative estimate of drug-likeness (QED) is 0.121. The van der Waals surface area contributed by atoms with Crippen molar-refractivity contribution in [3.05, 3.63) is 419 Å². The Labute approximate surface area is 659 Å². The number of rotatable bonds is 11. The molecule has 22 aromatic rings. The van der Waals surface area contributed by atoms with E-state index in [2.05, 4.69) is 397 Å². The highest BCUT2D eigenvalue weighted by molar-refractivity contribution is 6.03. The van der Waals surface area contributed by atoms with Gasteiger partial charge in [-0.1, -0.05) is 267 Å². The highest BCUT2D eigenvalue weighted by Crippen LogP contribution is 2.40. The maximum atomic E-state index is 5.33. The predicted octanol–water partition coefficient (Wildman–Crippen LogP) is 29.1. The summed E-state index contributed by atoms with van der Waals surface area (Å²) in [5.41, 5.74) is 24.4. The molecule has 530 valence electrons. The number of pyridine rings is 5. The van der Waals surface area contributed by atoms with E-state index in [0.717, 1.165) is 88.8 Å². The fourth-order valence-corrected chi connectivity index (χ4v) is 16.3. The smallest absolute Gasteiger partial charge is 0.0715 e. The largest absolute Gasteiger partial charge is 0.264 e. The van der Waals surface area contributed by atoms with Crippen molar-refractivity contribution in [1.29, 1.82) is 0 Å². The average molecular weight is 1450 g/mol. The van der Waals surface area contributed by atoms with Gasteiger partial charge in [0.1, 0.15) is 0 Å². The third-order valence-corrected chi connectivity index (χ3v) is 22.6. The molecule has 0 saturated heterocycles. The van der Waals surface area contributed by atoms with Crippen LogP contribution < -0.4 is 0 Å². The van der Waals surface area contributed by atoms with E-state index in [1.165, 1.54) is 131 Å². The topological polar surface area (TPSA) is 64.5 Å². The maximum Gasteiger partial charge on any atom is 0.0715 e. The van der Waals surface area contributed by atoms with Gasteiger partial charge in [-0.25, -0.2) is 9.97 Å². The molecule has 5 heteroatoms. The zero-order chi connectivity index (χ0) is 75.4. The molecule has 0 fully saturated rings. The molecule has 17 aromatic carbocycles. The Balaban J connectivity index is 0.000000145. The van der Waals surface area contributed by atoms with Crippen LogP contribution in [-0.4, -0.2) is 24.9 Å². The number of benzene rings is 17. The summed E-state index contributed by atoms with van der Waals surface area (Å²) < 4.78 is 0. The van der Waals surface area contributed by atoms with Crippen molar-refractivity contribution in [2.24, 2.45) is 0 Å². The predicted molar refractivity (Wildman–Crippen MR) is 479 cm³/mol. The van der Waals surface area contributed by atoms with Crippen molar-refractivity contribution in [3.8, 4) is 123 Å². The SMILES string of the molecule is c1ccc2cc3cc(-c4ccc(-c5cc(-c6ccc(-c7ccc8cnccc8c7)cc6)cc(-c6ccc(-c7ccc8cc9ccccc9cc8c7)cc6)n5)cc4)ccc3cc2c1.c1ccc2cc3cc(-c4ccc(-c5cc(-c6ccc(-c7ccc8cnccc8c7)cc6)nc(-c6ccc7cnccc7c6)c5)cc4)ccc3cc2c1. The molecular formula is C109H69N5. The van der Waals surface area contributed by atoms with Gasteiger partial charge in [0.25, 0.3) is 0 Å². The summed E-state index contributed by atoms with van der Waals surface area (Å²) in [5, 5.41) is 22.0. The highest BCUT2D eigenvalue weighted by Gasteiger charge is 2.16. The van der Waals surface area contributed by atoms with E-state index in [-0.39, 0.29) is 0 Å². The summed E-state index contributed by atoms with van der Waals surface area (Å²) in [5.74, 6) is 0. The van der Waals surface area contributed by atoms with Gasteiger partial charge in [-0.3, -0.25) is 15.0 Å². The van der Waals surface area contributed by atoms with Gasteiger partial charge in [0, 0.05) is 75.6 Å². The lowest BCUT2D eigenvalue weighted by molar-refractivity contribution is 1.32. The molecule has 0 aliphatic rings. The molecule has 0 atom stereocenters. The second-order valence-electron chi connectivity index (χ2n) is 29.7. The molecule has 0 unspecified atom stereocenters. The lowest BCUT2D eigenvalue weighted by atomic mass is 9.95. The molecule has 0 amide bonds. The summed E-state index contributed by atoms with van der Waals surface area (Å²) in [6, 6.07) is 139. The Morgan fingerprint density at radius 3 is 0.579 bits per heavy atom. The van der Waals surface area contributed by atoms with Crippen molar-refractivity contribution in [1.82, 2.24) is 24.9 Å². The third-order valence-electron chi connectivity index (χ3n) is 22.6. The molecule has 5 nitrogen and oxygen atoms in total. The van der Waals surface area contributed by atoms with Gasteiger partial charge in [-0.2, -0.15) is 0 Å². The molecule has 5 heterocycles. The first-order valence-electron chi connectivity index (χ1n) is 38.7. The number of hydrogen-bond acceptors (Lipinski definition) is 5. The highest BCUT2D eigenvalue weighted by atomic mass is 14.7. The Morgan fingerprint density at radius 1 is 0.114 bits per heavy atom. The van der Waals surface area contributed by atoms with Gasteiger partial charge in [-0.15, -0.1) is 0 Å². The fourth-order valence-electron chi connectivity index (χ4n) is 16.3. The Hall–Kier alpha value is -15.2. The Morgan fingerprint density at radius 2 is 0.298 bits per heavy atom. The van der Waals surface area contributed by atoms with E-state index in [1.54, 1.807) is 0 Å². The van der Waals surface area contributed by atoms with Crippen LogP contribution in [-0.2, 0) is 0 Å². The molecule has 0 radical (unpaired) electrons. The van der Waals surface area contributed by atoms with Crippen LogP contribution >= 0.6 is 0 Å². The molecule has 0 N–H and O–H groups in total. The summed E-state index contributed by atoms with van der Waals surface area (Å²) in [6.45, 7) is 0. The summed E-state index contributed by atoms with van der Waals surface area (Å²) >= 11 is 0. The van der Waals surface area contributed by atoms with Crippen molar-refractivity contribution >= 4 is 97.0 Å². The van der Waals surface area contributed by atoms with Crippen LogP contribution in [0.1, 0.15) is 0 Å². The van der Waals surface area contributed by atoms with Crippen LogP contribution in [0, 0.1) is 0 Å². The van der Waals surface area contributed by atoms with Crippen LogP contribution in [0.4, 0.5) is 0 Å². The lowest BCUT2D eigenvalue weighted by Gasteiger charge is -2.13. The van der Waals surface area contributed by atoms with Gasteiger partial charge >= 0.3 is 0 Å². The standard InChI is InChI=1S/C60H38N2.C49H31N3/c1-3-7-47-32-56-34-50(21-23-52(56)29-45(47)5-1)40-13-17-43(18-14-40)59-36-58(42-11-9-39(10-12-42)49-25-26-55-38-61-28-27-54(55)31-49)37-60(62-59)44-19-15-41(16-20-44)51-22-24-53-30-46-6-2-4-8-48(46)33-57(53)35-51;1-2-4-37-26-46-27-39(13-14-40(46)23-36(37)3-1)32-5-7-34(8-6-32)47-28-48(52-49(29-47)43-16-18-45-31-51-22-20-42(45)25-43)35-11-9-33(10-12-35)38-15-17-44-30-50-21-19-41(44)24-38/h1-38H;1-31H. The van der Waals surface area contributed by atoms with Crippen molar-refractivity contribution < 1.29 is 0 Å². The molecule has 114 heavy (non-hydrogen) atoms. The first-order chi connectivity index (χ1) is 56.3. The minimum Gasteiger partial charge on any atom is -0.264 e. The first-order valence-corrected chi connectivity index (χ1v) is 38.7. The van der Waals surface area contributed by atoms with Crippen LogP contribution in [0.25, 0.3) is 220 Å². The van der Waals surface area contributed by atoms with Crippen LogP contribution in [0.5, 0.6) is 0 Å². The monoisotopic (exact) mass is 1450 g/mol. The molecule has 0 aliphatic carbocycles. The Bertz CT molecular complexity index is 7320. The van der Waals surface area contributed by atoms with Gasteiger partial charge in [0.15, 0.2) is 0 Å². The van der Waals surface area contributed by atoms with E-state index in [0.29, 0.717) is 0 Å². The van der Waals surface area contributed by atoms with E-state index in [9.17, 15) is 0 Å². The van der Waals surface area contributed by atoms with Crippen LogP contribution in [0.3, 0.4) is 0 Å². The molecule has 5 aromatic heterocycles. The van der Waals surface area contributed by atoms with Crippen LogP contribution in [0.2, 0.25) is 0 Å². The van der Waals surface area contributed by atoms with E-state index < -0.39 is 0 Å². The normalized spacial score (nSPS) is 11.5. The second-order valence-corrected chi connectivity index (χ2v) is 29.7. The summed E-state index contributed by atoms with van der Waals surface area (Å²) in [7, 11) is 0. The van der Waals surface area contributed by atoms with Gasteiger partial charge in [0.05, 0.1) is 22.8 Å². The number of fused-ring (bicyclic) bond motifs is 9. The number of aromatic nitrogens is 5. The number of hydrogen-bond donors (Lipinski definition) is 0. The minimum atomic E-state index is 0.934. The molecular weight excluding hydrogens is 1380 g/mol. The van der Waals surface area contributed by atoms with Gasteiger partial charge < -0.3 is 0 Å². The van der Waals surface area contributed by atoms with E-state index in [1.807, 2.05) is 37.2 Å². The maximum absolute atomic E-state index is 5.33. The average Bonchev–Trinajstić information content (AvgIpc) is 0.804. The Kier molecular flexibility index (Phi) is 16.9. The molecule has 0 spiro atoms.